The third kappa shape index (κ3) is 4.19. The van der Waals surface area contributed by atoms with Gasteiger partial charge in [0.05, 0.1) is 6.04 Å². The van der Waals surface area contributed by atoms with E-state index in [2.05, 4.69) is 15.5 Å². The fourth-order valence-corrected chi connectivity index (χ4v) is 3.02. The second kappa shape index (κ2) is 8.65. The summed E-state index contributed by atoms with van der Waals surface area (Å²) in [6, 6.07) is 11.3. The van der Waals surface area contributed by atoms with E-state index in [1.807, 2.05) is 44.2 Å². The lowest BCUT2D eigenvalue weighted by Crippen LogP contribution is -2.36. The molecule has 0 aliphatic carbocycles. The van der Waals surface area contributed by atoms with E-state index in [-0.39, 0.29) is 17.2 Å². The van der Waals surface area contributed by atoms with E-state index in [0.717, 1.165) is 5.56 Å². The molecule has 7 heteroatoms. The Bertz CT molecular complexity index is 1010. The summed E-state index contributed by atoms with van der Waals surface area (Å²) in [6.45, 7) is 5.95. The van der Waals surface area contributed by atoms with Crippen molar-refractivity contribution >= 4 is 5.91 Å². The highest BCUT2D eigenvalue weighted by Crippen LogP contribution is 2.16. The predicted octanol–water partition coefficient (Wildman–Crippen LogP) is 2.68. The van der Waals surface area contributed by atoms with Gasteiger partial charge in [0.15, 0.2) is 5.82 Å². The van der Waals surface area contributed by atoms with Crippen LogP contribution in [0.15, 0.2) is 51.9 Å². The van der Waals surface area contributed by atoms with Crippen LogP contribution in [0.5, 0.6) is 0 Å². The number of carbonyl (C=O) groups excluding carboxylic acids is 1. The maximum absolute atomic E-state index is 13.0. The second-order valence-corrected chi connectivity index (χ2v) is 6.64. The van der Waals surface area contributed by atoms with Gasteiger partial charge in [0.25, 0.3) is 11.5 Å². The SMILES string of the molecule is CCc1noc(CCNC(=O)c2c(C)ccn(C(C)c3ccccc3)c2=O)n1. The smallest absolute Gasteiger partial charge is 0.264 e. The summed E-state index contributed by atoms with van der Waals surface area (Å²) in [5.41, 5.74) is 1.50. The molecule has 0 aliphatic rings. The molecule has 0 radical (unpaired) electrons. The summed E-state index contributed by atoms with van der Waals surface area (Å²) >= 11 is 0. The molecule has 1 atom stereocenters. The zero-order valence-corrected chi connectivity index (χ0v) is 16.3. The molecule has 1 unspecified atom stereocenters. The third-order valence-corrected chi connectivity index (χ3v) is 4.70. The minimum Gasteiger partial charge on any atom is -0.351 e. The van der Waals surface area contributed by atoms with Crippen molar-refractivity contribution in [1.82, 2.24) is 20.0 Å². The molecule has 28 heavy (non-hydrogen) atoms. The molecule has 1 amide bonds. The van der Waals surface area contributed by atoms with Crippen LogP contribution in [0.25, 0.3) is 0 Å². The Morgan fingerprint density at radius 2 is 2.00 bits per heavy atom. The third-order valence-electron chi connectivity index (χ3n) is 4.70. The van der Waals surface area contributed by atoms with Gasteiger partial charge in [-0.25, -0.2) is 0 Å². The molecule has 3 rings (SSSR count). The highest BCUT2D eigenvalue weighted by atomic mass is 16.5. The second-order valence-electron chi connectivity index (χ2n) is 6.64. The summed E-state index contributed by atoms with van der Waals surface area (Å²) < 4.78 is 6.70. The average Bonchev–Trinajstić information content (AvgIpc) is 3.16. The number of rotatable bonds is 7. The first-order valence-corrected chi connectivity index (χ1v) is 9.37. The highest BCUT2D eigenvalue weighted by Gasteiger charge is 2.18. The van der Waals surface area contributed by atoms with Crippen molar-refractivity contribution in [3.8, 4) is 0 Å². The van der Waals surface area contributed by atoms with Gasteiger partial charge in [-0.2, -0.15) is 4.98 Å². The Morgan fingerprint density at radius 3 is 2.68 bits per heavy atom. The van der Waals surface area contributed by atoms with Crippen LogP contribution >= 0.6 is 0 Å². The van der Waals surface area contributed by atoms with Crippen molar-refractivity contribution in [3.05, 3.63) is 81.4 Å². The molecule has 146 valence electrons. The fourth-order valence-electron chi connectivity index (χ4n) is 3.02. The first-order valence-electron chi connectivity index (χ1n) is 9.37. The van der Waals surface area contributed by atoms with Gasteiger partial charge in [-0.1, -0.05) is 42.4 Å². The topological polar surface area (TPSA) is 90.0 Å². The van der Waals surface area contributed by atoms with Crippen LogP contribution in [0.1, 0.15) is 53.1 Å². The maximum Gasteiger partial charge on any atom is 0.264 e. The van der Waals surface area contributed by atoms with Crippen LogP contribution in [0.2, 0.25) is 0 Å². The van der Waals surface area contributed by atoms with Crippen LogP contribution in [0.3, 0.4) is 0 Å². The Kier molecular flexibility index (Phi) is 6.03. The van der Waals surface area contributed by atoms with Gasteiger partial charge < -0.3 is 14.4 Å². The summed E-state index contributed by atoms with van der Waals surface area (Å²) in [5.74, 6) is 0.711. The van der Waals surface area contributed by atoms with Crippen LogP contribution in [-0.4, -0.2) is 27.2 Å². The fraction of sp³-hybridized carbons (Fsp3) is 0.333. The number of pyridine rings is 1. The van der Waals surface area contributed by atoms with Crippen molar-refractivity contribution in [1.29, 1.82) is 0 Å². The minimum atomic E-state index is -0.396. The summed E-state index contributed by atoms with van der Waals surface area (Å²) in [6.07, 6.45) is 2.84. The number of amides is 1. The summed E-state index contributed by atoms with van der Waals surface area (Å²) in [5, 5.41) is 6.61. The maximum atomic E-state index is 13.0. The Balaban J connectivity index is 1.75. The molecular weight excluding hydrogens is 356 g/mol. The average molecular weight is 380 g/mol. The van der Waals surface area contributed by atoms with Gasteiger partial charge in [0.1, 0.15) is 5.56 Å². The van der Waals surface area contributed by atoms with Gasteiger partial charge in [-0.3, -0.25) is 9.59 Å². The molecular formula is C21H24N4O3. The molecule has 3 aromatic rings. The van der Waals surface area contributed by atoms with Gasteiger partial charge >= 0.3 is 0 Å². The number of nitrogens with zero attached hydrogens (tertiary/aromatic N) is 3. The molecule has 0 fully saturated rings. The monoisotopic (exact) mass is 380 g/mol. The van der Waals surface area contributed by atoms with E-state index in [1.54, 1.807) is 23.8 Å². The molecule has 0 saturated heterocycles. The quantitative estimate of drug-likeness (QED) is 0.681. The minimum absolute atomic E-state index is 0.157. The lowest BCUT2D eigenvalue weighted by Gasteiger charge is -2.17. The van der Waals surface area contributed by atoms with E-state index in [9.17, 15) is 9.59 Å². The number of hydrogen-bond donors (Lipinski definition) is 1. The van der Waals surface area contributed by atoms with Gasteiger partial charge in [-0.05, 0) is 31.0 Å². The zero-order valence-electron chi connectivity index (χ0n) is 16.3. The molecule has 0 bridgehead atoms. The highest BCUT2D eigenvalue weighted by molar-refractivity contribution is 5.95. The van der Waals surface area contributed by atoms with Crippen LogP contribution < -0.4 is 10.9 Å². The first-order chi connectivity index (χ1) is 13.5. The standard InChI is InChI=1S/C21H24N4O3/c1-4-17-23-18(28-24-17)10-12-22-20(26)19-14(2)11-13-25(21(19)27)15(3)16-8-6-5-7-9-16/h5-9,11,13,15H,4,10,12H2,1-3H3,(H,22,26). The zero-order chi connectivity index (χ0) is 20.1. The normalized spacial score (nSPS) is 12.0. The van der Waals surface area contributed by atoms with Crippen molar-refractivity contribution in [2.45, 2.75) is 39.7 Å². The Labute approximate surface area is 163 Å². The van der Waals surface area contributed by atoms with E-state index >= 15 is 0 Å². The van der Waals surface area contributed by atoms with E-state index in [4.69, 9.17) is 4.52 Å². The van der Waals surface area contributed by atoms with Gasteiger partial charge in [0.2, 0.25) is 5.89 Å². The summed E-state index contributed by atoms with van der Waals surface area (Å²) in [7, 11) is 0. The van der Waals surface area contributed by atoms with E-state index in [1.165, 1.54) is 0 Å². The number of nitrogens with one attached hydrogen (secondary N) is 1. The van der Waals surface area contributed by atoms with Crippen LogP contribution in [0.4, 0.5) is 0 Å². The summed E-state index contributed by atoms with van der Waals surface area (Å²) in [4.78, 5) is 29.9. The number of carbonyl (C=O) groups is 1. The van der Waals surface area contributed by atoms with E-state index < -0.39 is 5.91 Å². The molecule has 2 heterocycles. The van der Waals surface area contributed by atoms with Crippen molar-refractivity contribution in [2.75, 3.05) is 6.54 Å². The van der Waals surface area contributed by atoms with E-state index in [0.29, 0.717) is 36.7 Å². The number of aryl methyl sites for hydroxylation is 2. The molecule has 0 spiro atoms. The molecule has 2 aromatic heterocycles. The molecule has 1 N–H and O–H groups in total. The molecule has 0 saturated carbocycles. The largest absolute Gasteiger partial charge is 0.351 e. The Morgan fingerprint density at radius 1 is 1.25 bits per heavy atom. The van der Waals surface area contributed by atoms with Crippen LogP contribution in [0, 0.1) is 6.92 Å². The van der Waals surface area contributed by atoms with Crippen molar-refractivity contribution in [2.24, 2.45) is 0 Å². The number of benzene rings is 1. The number of aromatic nitrogens is 3. The lowest BCUT2D eigenvalue weighted by molar-refractivity contribution is 0.0950. The molecule has 0 aliphatic heterocycles. The van der Waals surface area contributed by atoms with Crippen molar-refractivity contribution < 1.29 is 9.32 Å². The predicted molar refractivity (Wildman–Crippen MR) is 105 cm³/mol. The van der Waals surface area contributed by atoms with Crippen molar-refractivity contribution in [3.63, 3.8) is 0 Å². The first kappa shape index (κ1) is 19.5. The number of hydrogen-bond acceptors (Lipinski definition) is 5. The van der Waals surface area contributed by atoms with Gasteiger partial charge in [0, 0.05) is 25.6 Å². The van der Waals surface area contributed by atoms with Gasteiger partial charge in [-0.15, -0.1) is 0 Å². The molecule has 1 aromatic carbocycles. The van der Waals surface area contributed by atoms with Crippen LogP contribution in [-0.2, 0) is 12.8 Å². The Hall–Kier alpha value is -3.22. The molecule has 7 nitrogen and oxygen atoms in total. The lowest BCUT2D eigenvalue weighted by atomic mass is 10.1.